The fraction of sp³-hybridized carbons (Fsp3) is 0. The predicted octanol–water partition coefficient (Wildman–Crippen LogP) is 9.78. The third-order valence-corrected chi connectivity index (χ3v) is 8.75. The minimum Gasteiger partial charge on any atom is -0.133 e. The first-order chi connectivity index (χ1) is 15.3. The van der Waals surface area contributed by atoms with Gasteiger partial charge in [-0.15, -0.1) is 10.0 Å². The molecule has 0 saturated carbocycles. The molecule has 0 aromatic heterocycles. The van der Waals surface area contributed by atoms with E-state index in [1.165, 1.54) is 19.6 Å². The maximum absolute atomic E-state index is 10.7. The quantitative estimate of drug-likeness (QED) is 0.143. The van der Waals surface area contributed by atoms with Crippen LogP contribution in [0, 0.1) is 0 Å². The zero-order valence-electron chi connectivity index (χ0n) is 17.1. The summed E-state index contributed by atoms with van der Waals surface area (Å²) in [5.74, 6) is 0. The van der Waals surface area contributed by atoms with Crippen LogP contribution < -0.4 is 0 Å². The van der Waals surface area contributed by atoms with Crippen molar-refractivity contribution in [2.24, 2.45) is 0 Å². The van der Waals surface area contributed by atoms with Crippen molar-refractivity contribution >= 4 is 30.5 Å². The molecule has 0 amide bonds. The van der Waals surface area contributed by atoms with E-state index in [0.717, 1.165) is 4.90 Å². The molecule has 0 radical (unpaired) electrons. The van der Waals surface area contributed by atoms with Gasteiger partial charge in [0, 0.05) is 19.6 Å². The van der Waals surface area contributed by atoms with Crippen molar-refractivity contribution in [3.8, 4) is 0 Å². The first-order valence-corrected chi connectivity index (χ1v) is 13.8. The number of hydrogen-bond acceptors (Lipinski definition) is 0. The van der Waals surface area contributed by atoms with Gasteiger partial charge in [-0.2, -0.15) is 0 Å². The fourth-order valence-corrected chi connectivity index (χ4v) is 7.39. The van der Waals surface area contributed by atoms with E-state index in [9.17, 15) is 25.2 Å². The van der Waals surface area contributed by atoms with Gasteiger partial charge in [0.25, 0.3) is 0 Å². The second-order valence-corrected chi connectivity index (χ2v) is 12.6. The van der Waals surface area contributed by atoms with Crippen molar-refractivity contribution in [2.45, 2.75) is 24.5 Å². The number of rotatable bonds is 4. The second-order valence-electron chi connectivity index (χ2n) is 7.03. The topological polar surface area (TPSA) is 0 Å². The molecule has 0 nitrogen and oxygen atoms in total. The number of benzene rings is 4. The molecule has 0 N–H and O–H groups in total. The van der Waals surface area contributed by atoms with Gasteiger partial charge < -0.3 is 0 Å². The minimum atomic E-state index is -10.7. The molecular formula is C24H21F6PS2. The van der Waals surface area contributed by atoms with Crippen LogP contribution in [0.15, 0.2) is 140 Å². The van der Waals surface area contributed by atoms with Gasteiger partial charge in [0.2, 0.25) is 0 Å². The van der Waals surface area contributed by atoms with E-state index in [2.05, 4.69) is 128 Å². The normalized spacial score (nSPS) is 14.3. The maximum Gasteiger partial charge on any atom is 0.150 e. The van der Waals surface area contributed by atoms with Gasteiger partial charge in [-0.3, -0.25) is 0 Å². The third kappa shape index (κ3) is 7.29. The van der Waals surface area contributed by atoms with E-state index in [4.69, 9.17) is 0 Å². The van der Waals surface area contributed by atoms with Gasteiger partial charge in [-0.05, 0) is 73.3 Å². The van der Waals surface area contributed by atoms with Gasteiger partial charge >= 0.3 is 33.0 Å². The molecular weight excluding hydrogens is 497 g/mol. The predicted molar refractivity (Wildman–Crippen MR) is 128 cm³/mol. The largest absolute Gasteiger partial charge is 0.150 e. The summed E-state index contributed by atoms with van der Waals surface area (Å²) in [5, 5.41) is 0. The summed E-state index contributed by atoms with van der Waals surface area (Å²) >= 11 is 3.64. The number of hydrogen-bond donors (Lipinski definition) is 0. The molecule has 0 aliphatic carbocycles. The summed E-state index contributed by atoms with van der Waals surface area (Å²) in [5.41, 5.74) is 0. The SMILES string of the molecule is F[P-](F)(F)(F)(F)F.[SH2+]c1ccc(S(c2ccccc2)(c2ccccc2)c2ccccc2)cc1. The van der Waals surface area contributed by atoms with Crippen LogP contribution in [-0.4, -0.2) is 0 Å². The Hall–Kier alpha value is -2.41. The van der Waals surface area contributed by atoms with Crippen molar-refractivity contribution < 1.29 is 25.2 Å². The molecule has 0 heterocycles. The monoisotopic (exact) mass is 518 g/mol. The Bertz CT molecular complexity index is 1080. The average Bonchev–Trinajstić information content (AvgIpc) is 2.76. The van der Waals surface area contributed by atoms with Crippen molar-refractivity contribution in [2.75, 3.05) is 0 Å². The molecule has 0 unspecified atom stereocenters. The Balaban J connectivity index is 0.000000383. The summed E-state index contributed by atoms with van der Waals surface area (Å²) in [4.78, 5) is 6.47. The van der Waals surface area contributed by atoms with E-state index >= 15 is 0 Å². The summed E-state index contributed by atoms with van der Waals surface area (Å²) in [7, 11) is -12.2. The van der Waals surface area contributed by atoms with Crippen LogP contribution in [0.5, 0.6) is 0 Å². The molecule has 4 aromatic carbocycles. The summed E-state index contributed by atoms with van der Waals surface area (Å²) < 4.78 is 59.2. The number of halogens is 6. The molecule has 0 fully saturated rings. The summed E-state index contributed by atoms with van der Waals surface area (Å²) in [6, 6.07) is 41.5. The van der Waals surface area contributed by atoms with Crippen LogP contribution in [0.2, 0.25) is 0 Å². The van der Waals surface area contributed by atoms with E-state index < -0.39 is 17.8 Å². The molecule has 0 spiro atoms. The van der Waals surface area contributed by atoms with Crippen LogP contribution in [0.3, 0.4) is 0 Å². The van der Waals surface area contributed by atoms with Crippen molar-refractivity contribution in [3.63, 3.8) is 0 Å². The Morgan fingerprint density at radius 1 is 0.424 bits per heavy atom. The van der Waals surface area contributed by atoms with Gasteiger partial charge in [0.05, 0.1) is 0 Å². The summed E-state index contributed by atoms with van der Waals surface area (Å²) in [6.45, 7) is 0. The minimum absolute atomic E-state index is 1.09. The van der Waals surface area contributed by atoms with Gasteiger partial charge in [0.15, 0.2) is 0 Å². The molecule has 0 saturated heterocycles. The molecule has 0 aliphatic heterocycles. The van der Waals surface area contributed by atoms with Crippen LogP contribution in [-0.2, 0) is 12.6 Å². The first kappa shape index (κ1) is 25.2. The standard InChI is InChI=1S/C24H20S2.F6P/c25-20-16-18-24(19-17-20)26(21-10-4-1-5-11-21,22-12-6-2-7-13-22)23-14-8-3-9-15-23;1-7(2,3,4,5)6/h1-19,25H;/q;-1/p+1. The Morgan fingerprint density at radius 3 is 0.939 bits per heavy atom. The molecule has 4 rings (SSSR count). The molecule has 0 aliphatic rings. The van der Waals surface area contributed by atoms with Gasteiger partial charge in [-0.25, -0.2) is 0 Å². The van der Waals surface area contributed by atoms with Crippen LogP contribution in [0.25, 0.3) is 0 Å². The molecule has 33 heavy (non-hydrogen) atoms. The zero-order valence-corrected chi connectivity index (χ0v) is 19.8. The average molecular weight is 519 g/mol. The van der Waals surface area contributed by atoms with E-state index in [0.29, 0.717) is 0 Å². The van der Waals surface area contributed by atoms with Gasteiger partial charge in [0.1, 0.15) is 4.90 Å². The van der Waals surface area contributed by atoms with Crippen molar-refractivity contribution in [1.29, 1.82) is 0 Å². The molecule has 0 bridgehead atoms. The second kappa shape index (κ2) is 8.75. The van der Waals surface area contributed by atoms with E-state index in [1.54, 1.807) is 0 Å². The van der Waals surface area contributed by atoms with Crippen LogP contribution in [0.4, 0.5) is 25.2 Å². The molecule has 9 heteroatoms. The van der Waals surface area contributed by atoms with Crippen molar-refractivity contribution in [1.82, 2.24) is 0 Å². The van der Waals surface area contributed by atoms with Gasteiger partial charge in [-0.1, -0.05) is 54.6 Å². The zero-order chi connectivity index (χ0) is 24.2. The van der Waals surface area contributed by atoms with E-state index in [-0.39, 0.29) is 0 Å². The molecule has 176 valence electrons. The van der Waals surface area contributed by atoms with Crippen LogP contribution in [0.1, 0.15) is 0 Å². The smallest absolute Gasteiger partial charge is 0.133 e. The van der Waals surface area contributed by atoms with E-state index in [1.807, 2.05) is 0 Å². The molecule has 0 atom stereocenters. The van der Waals surface area contributed by atoms with Crippen molar-refractivity contribution in [3.05, 3.63) is 115 Å². The Morgan fingerprint density at radius 2 is 0.667 bits per heavy atom. The Kier molecular flexibility index (Phi) is 6.68. The third-order valence-electron chi connectivity index (χ3n) is 4.50. The first-order valence-electron chi connectivity index (χ1n) is 9.63. The Labute approximate surface area is 195 Å². The fourth-order valence-electron chi connectivity index (χ4n) is 3.35. The maximum atomic E-state index is 9.87. The molecule has 4 aromatic rings. The summed E-state index contributed by atoms with van der Waals surface area (Å²) in [6.07, 6.45) is 0. The van der Waals surface area contributed by atoms with Crippen LogP contribution >= 0.6 is 17.8 Å².